The predicted molar refractivity (Wildman–Crippen MR) is 207 cm³/mol. The van der Waals surface area contributed by atoms with Crippen LogP contribution in [0.1, 0.15) is 36.1 Å². The summed E-state index contributed by atoms with van der Waals surface area (Å²) >= 11 is 0. The van der Waals surface area contributed by atoms with Gasteiger partial charge in [0, 0.05) is 39.9 Å². The average Bonchev–Trinajstić information content (AvgIpc) is 3.16. The van der Waals surface area contributed by atoms with E-state index in [0.29, 0.717) is 0 Å². The van der Waals surface area contributed by atoms with Gasteiger partial charge in [-0.2, -0.15) is 0 Å². The zero-order valence-corrected chi connectivity index (χ0v) is 27.7. The largest absolute Gasteiger partial charge is 0.311 e. The molecule has 6 aromatic carbocycles. The van der Waals surface area contributed by atoms with Gasteiger partial charge in [0.25, 0.3) is 0 Å². The first-order valence-electron chi connectivity index (χ1n) is 16.8. The van der Waals surface area contributed by atoms with Gasteiger partial charge in [-0.15, -0.1) is 0 Å². The number of hydrogen-bond donors (Lipinski definition) is 0. The molecular formula is C46H37N3. The first-order valence-corrected chi connectivity index (χ1v) is 16.8. The van der Waals surface area contributed by atoms with Crippen LogP contribution in [0, 0.1) is 0 Å². The molecule has 1 aliphatic heterocycles. The lowest BCUT2D eigenvalue weighted by Crippen LogP contribution is -2.30. The van der Waals surface area contributed by atoms with Crippen LogP contribution >= 0.6 is 0 Å². The van der Waals surface area contributed by atoms with Crippen LogP contribution in [-0.2, 0) is 5.41 Å². The summed E-state index contributed by atoms with van der Waals surface area (Å²) in [5.41, 5.74) is 13.8. The molecule has 0 saturated heterocycles. The van der Waals surface area contributed by atoms with Gasteiger partial charge < -0.3 is 9.80 Å². The Hall–Kier alpha value is -6.19. The second-order valence-corrected chi connectivity index (χ2v) is 12.9. The van der Waals surface area contributed by atoms with E-state index >= 15 is 0 Å². The minimum atomic E-state index is -0.167. The number of rotatable bonds is 7. The first-order chi connectivity index (χ1) is 24.1. The Kier molecular flexibility index (Phi) is 7.87. The number of hydrogen-bond acceptors (Lipinski definition) is 3. The molecule has 0 bridgehead atoms. The minimum Gasteiger partial charge on any atom is -0.311 e. The molecule has 49 heavy (non-hydrogen) atoms. The molecule has 0 N–H and O–H groups in total. The number of nitrogens with zero attached hydrogens (tertiary/aromatic N) is 3. The molecule has 2 heterocycles. The highest BCUT2D eigenvalue weighted by molar-refractivity contribution is 5.87. The molecule has 3 nitrogen and oxygen atoms in total. The van der Waals surface area contributed by atoms with Crippen molar-refractivity contribution in [3.8, 4) is 11.3 Å². The Balaban J connectivity index is 1.11. The van der Waals surface area contributed by atoms with Crippen LogP contribution < -0.4 is 9.80 Å². The van der Waals surface area contributed by atoms with E-state index in [-0.39, 0.29) is 5.41 Å². The quantitative estimate of drug-likeness (QED) is 0.163. The third-order valence-corrected chi connectivity index (χ3v) is 9.49. The maximum Gasteiger partial charge on any atom is 0.0701 e. The van der Waals surface area contributed by atoms with Crippen molar-refractivity contribution in [2.75, 3.05) is 9.80 Å². The summed E-state index contributed by atoms with van der Waals surface area (Å²) < 4.78 is 0. The fourth-order valence-corrected chi connectivity index (χ4v) is 6.95. The van der Waals surface area contributed by atoms with Crippen molar-refractivity contribution < 1.29 is 0 Å². The summed E-state index contributed by atoms with van der Waals surface area (Å²) in [6.07, 6.45) is 6.28. The van der Waals surface area contributed by atoms with E-state index in [0.717, 1.165) is 39.6 Å². The first kappa shape index (κ1) is 30.2. The summed E-state index contributed by atoms with van der Waals surface area (Å²) in [6.45, 7) is 4.67. The summed E-state index contributed by atoms with van der Waals surface area (Å²) in [4.78, 5) is 9.23. The topological polar surface area (TPSA) is 19.4 Å². The van der Waals surface area contributed by atoms with Gasteiger partial charge in [0.05, 0.1) is 17.1 Å². The van der Waals surface area contributed by atoms with Crippen LogP contribution in [0.25, 0.3) is 23.4 Å². The molecule has 0 amide bonds. The van der Waals surface area contributed by atoms with Gasteiger partial charge in [0.1, 0.15) is 0 Å². The van der Waals surface area contributed by atoms with E-state index in [9.17, 15) is 0 Å². The van der Waals surface area contributed by atoms with Crippen LogP contribution in [0.4, 0.5) is 34.1 Å². The lowest BCUT2D eigenvalue weighted by atomic mass is 9.73. The number of pyridine rings is 1. The molecule has 236 valence electrons. The van der Waals surface area contributed by atoms with Crippen molar-refractivity contribution in [3.05, 3.63) is 198 Å². The second-order valence-electron chi connectivity index (χ2n) is 12.9. The van der Waals surface area contributed by atoms with Crippen molar-refractivity contribution in [1.82, 2.24) is 4.98 Å². The fraction of sp³-hybridized carbons (Fsp3) is 0.0652. The molecule has 0 spiro atoms. The van der Waals surface area contributed by atoms with Gasteiger partial charge in [-0.05, 0) is 101 Å². The highest BCUT2D eigenvalue weighted by atomic mass is 15.2. The van der Waals surface area contributed by atoms with Gasteiger partial charge in [-0.3, -0.25) is 4.98 Å². The minimum absolute atomic E-state index is 0.167. The van der Waals surface area contributed by atoms with E-state index in [1.807, 2.05) is 18.3 Å². The highest BCUT2D eigenvalue weighted by Gasteiger charge is 2.36. The lowest BCUT2D eigenvalue weighted by Gasteiger charge is -2.42. The molecule has 0 aliphatic carbocycles. The average molecular weight is 632 g/mol. The summed E-state index contributed by atoms with van der Waals surface area (Å²) in [5, 5.41) is 0. The van der Waals surface area contributed by atoms with Crippen LogP contribution in [0.5, 0.6) is 0 Å². The van der Waals surface area contributed by atoms with E-state index in [2.05, 4.69) is 199 Å². The maximum atomic E-state index is 4.55. The third kappa shape index (κ3) is 5.81. The third-order valence-electron chi connectivity index (χ3n) is 9.49. The van der Waals surface area contributed by atoms with Gasteiger partial charge in [-0.25, -0.2) is 0 Å². The molecule has 1 aliphatic rings. The molecule has 0 fully saturated rings. The normalized spacial score (nSPS) is 13.1. The number of benzene rings is 6. The molecule has 0 saturated carbocycles. The number of para-hydroxylation sites is 3. The molecule has 3 heteroatoms. The van der Waals surface area contributed by atoms with Crippen molar-refractivity contribution in [1.29, 1.82) is 0 Å². The summed E-state index contributed by atoms with van der Waals surface area (Å²) in [5.74, 6) is 0. The standard InChI is InChI=1S/C46H37N3/c1-46(2)41-17-9-10-19-44(41)49(40-29-25-36(26-30-40)43-18-11-12-32-47-43)45-31-24-35(33-42(45)46)21-20-34-22-27-39(28-23-34)48(37-13-5-3-6-14-37)38-15-7-4-8-16-38/h3-33H,1-2H3/b21-20+. The second kappa shape index (κ2) is 12.8. The van der Waals surface area contributed by atoms with Gasteiger partial charge in [-0.1, -0.05) is 117 Å². The molecule has 0 atom stereocenters. The predicted octanol–water partition coefficient (Wildman–Crippen LogP) is 12.5. The Labute approximate surface area is 289 Å². The Morgan fingerprint density at radius 3 is 1.76 bits per heavy atom. The SMILES string of the molecule is CC1(C)c2ccccc2N(c2ccc(-c3ccccn3)cc2)c2ccc(/C=C/c3ccc(N(c4ccccc4)c4ccccc4)cc3)cc21. The van der Waals surface area contributed by atoms with Crippen molar-refractivity contribution in [2.45, 2.75) is 19.3 Å². The zero-order chi connectivity index (χ0) is 33.2. The monoisotopic (exact) mass is 631 g/mol. The van der Waals surface area contributed by atoms with E-state index in [4.69, 9.17) is 0 Å². The van der Waals surface area contributed by atoms with E-state index in [1.54, 1.807) is 0 Å². The van der Waals surface area contributed by atoms with Crippen LogP contribution in [0.15, 0.2) is 176 Å². The molecule has 0 radical (unpaired) electrons. The van der Waals surface area contributed by atoms with Crippen molar-refractivity contribution in [3.63, 3.8) is 0 Å². The number of aromatic nitrogens is 1. The van der Waals surface area contributed by atoms with Crippen molar-refractivity contribution in [2.24, 2.45) is 0 Å². The van der Waals surface area contributed by atoms with E-state index < -0.39 is 0 Å². The van der Waals surface area contributed by atoms with Crippen LogP contribution in [0.2, 0.25) is 0 Å². The molecular weight excluding hydrogens is 595 g/mol. The zero-order valence-electron chi connectivity index (χ0n) is 27.7. The Morgan fingerprint density at radius 1 is 0.510 bits per heavy atom. The fourth-order valence-electron chi connectivity index (χ4n) is 6.95. The Morgan fingerprint density at radius 2 is 1.08 bits per heavy atom. The maximum absolute atomic E-state index is 4.55. The number of anilines is 6. The van der Waals surface area contributed by atoms with Crippen molar-refractivity contribution >= 4 is 46.3 Å². The smallest absolute Gasteiger partial charge is 0.0701 e. The molecule has 7 aromatic rings. The highest BCUT2D eigenvalue weighted by Crippen LogP contribution is 2.52. The number of fused-ring (bicyclic) bond motifs is 2. The lowest BCUT2D eigenvalue weighted by molar-refractivity contribution is 0.631. The Bertz CT molecular complexity index is 2180. The van der Waals surface area contributed by atoms with Crippen LogP contribution in [0.3, 0.4) is 0 Å². The summed E-state index contributed by atoms with van der Waals surface area (Å²) in [7, 11) is 0. The van der Waals surface area contributed by atoms with Gasteiger partial charge >= 0.3 is 0 Å². The summed E-state index contributed by atoms with van der Waals surface area (Å²) in [6, 6.07) is 60.3. The molecule has 0 unspecified atom stereocenters. The van der Waals surface area contributed by atoms with Gasteiger partial charge in [0.2, 0.25) is 0 Å². The van der Waals surface area contributed by atoms with E-state index in [1.165, 1.54) is 28.1 Å². The van der Waals surface area contributed by atoms with Gasteiger partial charge in [0.15, 0.2) is 0 Å². The van der Waals surface area contributed by atoms with Crippen LogP contribution in [-0.4, -0.2) is 4.98 Å². The molecule has 1 aromatic heterocycles. The molecule has 8 rings (SSSR count).